The van der Waals surface area contributed by atoms with Crippen LogP contribution in [0.5, 0.6) is 0 Å². The minimum absolute atomic E-state index is 0.415. The van der Waals surface area contributed by atoms with Crippen LogP contribution in [-0.4, -0.2) is 41.1 Å². The van der Waals surface area contributed by atoms with Crippen LogP contribution in [0.25, 0.3) is 21.8 Å². The molecule has 5 nitrogen and oxygen atoms in total. The topological polar surface area (TPSA) is 45.1 Å². The second-order valence-corrected chi connectivity index (χ2v) is 8.98. The van der Waals surface area contributed by atoms with Gasteiger partial charge in [0.05, 0.1) is 28.6 Å². The van der Waals surface area contributed by atoms with Gasteiger partial charge in [0, 0.05) is 23.0 Å². The van der Waals surface area contributed by atoms with E-state index < -0.39 is 0 Å². The van der Waals surface area contributed by atoms with Crippen molar-refractivity contribution in [2.75, 3.05) is 26.7 Å². The number of hydrazine groups is 1. The van der Waals surface area contributed by atoms with Crippen LogP contribution in [0, 0.1) is 0 Å². The lowest BCUT2D eigenvalue weighted by molar-refractivity contribution is 0.222. The van der Waals surface area contributed by atoms with Gasteiger partial charge in [-0.1, -0.05) is 30.3 Å². The van der Waals surface area contributed by atoms with Gasteiger partial charge in [-0.2, -0.15) is 0 Å². The van der Waals surface area contributed by atoms with Gasteiger partial charge in [0.1, 0.15) is 0 Å². The van der Waals surface area contributed by atoms with Crippen molar-refractivity contribution in [3.05, 3.63) is 53.7 Å². The molecule has 3 aromatic rings. The van der Waals surface area contributed by atoms with Gasteiger partial charge in [0.15, 0.2) is 0 Å². The molecule has 0 bridgehead atoms. The molecule has 2 saturated heterocycles. The quantitative estimate of drug-likeness (QED) is 0.701. The number of hydrogen-bond donors (Lipinski definition) is 2. The van der Waals surface area contributed by atoms with E-state index in [2.05, 4.69) is 76.2 Å². The van der Waals surface area contributed by atoms with Crippen molar-refractivity contribution in [1.29, 1.82) is 0 Å². The van der Waals surface area contributed by atoms with Crippen LogP contribution in [0.2, 0.25) is 0 Å². The summed E-state index contributed by atoms with van der Waals surface area (Å²) in [6.45, 7) is 3.33. The summed E-state index contributed by atoms with van der Waals surface area (Å²) < 4.78 is 2.45. The van der Waals surface area contributed by atoms with Crippen molar-refractivity contribution in [1.82, 2.24) is 25.3 Å². The lowest BCUT2D eigenvalue weighted by atomic mass is 10.0. The second-order valence-electron chi connectivity index (χ2n) is 7.86. The van der Waals surface area contributed by atoms with Gasteiger partial charge >= 0.3 is 0 Å². The molecule has 2 aliphatic rings. The number of rotatable bonds is 4. The van der Waals surface area contributed by atoms with E-state index in [9.17, 15) is 0 Å². The van der Waals surface area contributed by atoms with Crippen LogP contribution >= 0.6 is 11.3 Å². The van der Waals surface area contributed by atoms with Crippen LogP contribution in [0.4, 0.5) is 0 Å². The molecule has 2 aromatic heterocycles. The van der Waals surface area contributed by atoms with Crippen LogP contribution in [-0.2, 0) is 0 Å². The number of piperidine rings is 1. The number of thiophene rings is 1. The molecule has 1 unspecified atom stereocenters. The van der Waals surface area contributed by atoms with E-state index >= 15 is 0 Å². The highest BCUT2D eigenvalue weighted by atomic mass is 32.1. The van der Waals surface area contributed by atoms with Gasteiger partial charge in [0.25, 0.3) is 0 Å². The number of benzene rings is 1. The molecule has 0 spiro atoms. The van der Waals surface area contributed by atoms with E-state index in [1.807, 2.05) is 11.3 Å². The fourth-order valence-corrected chi connectivity index (χ4v) is 5.47. The first-order valence-corrected chi connectivity index (χ1v) is 11.0. The maximum Gasteiger partial charge on any atom is 0.0971 e. The zero-order chi connectivity index (χ0) is 18.9. The number of aromatic nitrogens is 2. The Morgan fingerprint density at radius 3 is 2.61 bits per heavy atom. The average Bonchev–Trinajstić information content (AvgIpc) is 3.48. The zero-order valence-electron chi connectivity index (χ0n) is 16.3. The lowest BCUT2D eigenvalue weighted by Crippen LogP contribution is -2.31. The van der Waals surface area contributed by atoms with Crippen molar-refractivity contribution in [2.24, 2.45) is 0 Å². The van der Waals surface area contributed by atoms with Crippen molar-refractivity contribution in [3.63, 3.8) is 0 Å². The zero-order valence-corrected chi connectivity index (χ0v) is 17.1. The van der Waals surface area contributed by atoms with Gasteiger partial charge in [-0.3, -0.25) is 5.43 Å². The van der Waals surface area contributed by atoms with Gasteiger partial charge in [0.2, 0.25) is 0 Å². The number of nitrogens with one attached hydrogen (secondary N) is 2. The molecule has 146 valence electrons. The molecule has 2 aliphatic heterocycles. The first-order chi connectivity index (χ1) is 13.8. The van der Waals surface area contributed by atoms with E-state index in [1.165, 1.54) is 33.9 Å². The maximum absolute atomic E-state index is 4.89. The third kappa shape index (κ3) is 3.42. The second kappa shape index (κ2) is 7.79. The highest BCUT2D eigenvalue weighted by Gasteiger charge is 2.26. The smallest absolute Gasteiger partial charge is 0.0971 e. The fourth-order valence-electron chi connectivity index (χ4n) is 4.33. The number of imidazole rings is 1. The van der Waals surface area contributed by atoms with Crippen LogP contribution in [0.1, 0.15) is 36.2 Å². The molecule has 28 heavy (non-hydrogen) atoms. The van der Waals surface area contributed by atoms with Crippen LogP contribution in [0.15, 0.2) is 48.8 Å². The molecular formula is C22H27N5S. The molecule has 2 fully saturated rings. The summed E-state index contributed by atoms with van der Waals surface area (Å²) in [6, 6.07) is 16.1. The van der Waals surface area contributed by atoms with Crippen molar-refractivity contribution >= 4 is 11.3 Å². The molecule has 0 amide bonds. The number of likely N-dealkylation sites (tertiary alicyclic amines) is 1. The van der Waals surface area contributed by atoms with Crippen molar-refractivity contribution in [2.45, 2.75) is 31.3 Å². The summed E-state index contributed by atoms with van der Waals surface area (Å²) in [4.78, 5) is 10.0. The normalized spacial score (nSPS) is 21.4. The summed E-state index contributed by atoms with van der Waals surface area (Å²) in [5.41, 5.74) is 10.2. The van der Waals surface area contributed by atoms with Crippen LogP contribution in [0.3, 0.4) is 0 Å². The Kier molecular flexibility index (Phi) is 5.03. The summed E-state index contributed by atoms with van der Waals surface area (Å²) >= 11 is 1.90. The van der Waals surface area contributed by atoms with Crippen molar-refractivity contribution < 1.29 is 0 Å². The molecule has 1 aromatic carbocycles. The monoisotopic (exact) mass is 393 g/mol. The first-order valence-electron chi connectivity index (χ1n) is 10.2. The summed E-state index contributed by atoms with van der Waals surface area (Å²) in [5, 5.41) is 0. The Labute approximate surface area is 170 Å². The SMILES string of the molecule is CN1CCC(n2cnc(-c3ccccc3)c2-c2ccc(C3CCNN3)s2)CC1. The van der Waals surface area contributed by atoms with Crippen LogP contribution < -0.4 is 10.9 Å². The Morgan fingerprint density at radius 2 is 1.86 bits per heavy atom. The summed E-state index contributed by atoms with van der Waals surface area (Å²) in [5.74, 6) is 0. The third-order valence-corrected chi connectivity index (χ3v) is 7.17. The highest BCUT2D eigenvalue weighted by molar-refractivity contribution is 7.15. The van der Waals surface area contributed by atoms with Gasteiger partial charge in [-0.05, 0) is 51.5 Å². The Morgan fingerprint density at radius 1 is 1.04 bits per heavy atom. The molecular weight excluding hydrogens is 366 g/mol. The first kappa shape index (κ1) is 18.1. The predicted octanol–water partition coefficient (Wildman–Crippen LogP) is 4.08. The number of hydrogen-bond acceptors (Lipinski definition) is 5. The minimum atomic E-state index is 0.415. The van der Waals surface area contributed by atoms with Gasteiger partial charge in [-0.15, -0.1) is 11.3 Å². The third-order valence-electron chi connectivity index (χ3n) is 5.96. The summed E-state index contributed by atoms with van der Waals surface area (Å²) in [7, 11) is 2.22. The van der Waals surface area contributed by atoms with Crippen molar-refractivity contribution in [3.8, 4) is 21.8 Å². The van der Waals surface area contributed by atoms with E-state index in [1.54, 1.807) is 0 Å². The van der Waals surface area contributed by atoms with E-state index in [4.69, 9.17) is 4.98 Å². The maximum atomic E-state index is 4.89. The minimum Gasteiger partial charge on any atom is -0.326 e. The Hall–Kier alpha value is -1.99. The Bertz CT molecular complexity index is 918. The molecule has 4 heterocycles. The average molecular weight is 394 g/mol. The summed E-state index contributed by atoms with van der Waals surface area (Å²) in [6.07, 6.45) is 5.57. The molecule has 2 N–H and O–H groups in total. The fraction of sp³-hybridized carbons (Fsp3) is 0.409. The predicted molar refractivity (Wildman–Crippen MR) is 115 cm³/mol. The molecule has 6 heteroatoms. The van der Waals surface area contributed by atoms with Gasteiger partial charge in [-0.25, -0.2) is 10.4 Å². The van der Waals surface area contributed by atoms with E-state index in [-0.39, 0.29) is 0 Å². The van der Waals surface area contributed by atoms with E-state index in [0.29, 0.717) is 12.1 Å². The molecule has 5 rings (SSSR count). The molecule has 0 saturated carbocycles. The molecule has 0 aliphatic carbocycles. The standard InChI is InChI=1S/C22H27N5S/c1-26-13-10-17(11-14-26)27-15-23-21(16-5-3-2-4-6-16)22(27)20-8-7-19(28-20)18-9-12-24-25-18/h2-8,15,17-18,24-25H,9-14H2,1H3. The lowest BCUT2D eigenvalue weighted by Gasteiger charge is -2.30. The largest absolute Gasteiger partial charge is 0.326 e. The van der Waals surface area contributed by atoms with E-state index in [0.717, 1.165) is 31.7 Å². The molecule has 1 atom stereocenters. The highest BCUT2D eigenvalue weighted by Crippen LogP contribution is 2.40. The number of nitrogens with zero attached hydrogens (tertiary/aromatic N) is 3. The molecule has 0 radical (unpaired) electrons. The van der Waals surface area contributed by atoms with Gasteiger partial charge < -0.3 is 9.47 Å². The Balaban J connectivity index is 1.56.